The molecule has 4 nitrogen and oxygen atoms in total. The van der Waals surface area contributed by atoms with Crippen LogP contribution in [0.4, 0.5) is 0 Å². The van der Waals surface area contributed by atoms with Crippen molar-refractivity contribution < 1.29 is 9.90 Å². The molecule has 4 heteroatoms. The first-order valence-corrected chi connectivity index (χ1v) is 8.59. The molecule has 2 aliphatic rings. The van der Waals surface area contributed by atoms with Crippen molar-refractivity contribution in [3.63, 3.8) is 0 Å². The van der Waals surface area contributed by atoms with Crippen LogP contribution in [0.2, 0.25) is 0 Å². The van der Waals surface area contributed by atoms with E-state index in [1.54, 1.807) is 0 Å². The summed E-state index contributed by atoms with van der Waals surface area (Å²) < 4.78 is 0. The van der Waals surface area contributed by atoms with Crippen molar-refractivity contribution in [2.45, 2.75) is 77.4 Å². The second-order valence-electron chi connectivity index (χ2n) is 7.72. The topological polar surface area (TPSA) is 52.6 Å². The van der Waals surface area contributed by atoms with E-state index in [0.717, 1.165) is 50.6 Å². The Morgan fingerprint density at radius 1 is 1.29 bits per heavy atom. The van der Waals surface area contributed by atoms with Crippen LogP contribution in [0.3, 0.4) is 0 Å². The van der Waals surface area contributed by atoms with Crippen molar-refractivity contribution in [3.8, 4) is 0 Å². The normalized spacial score (nSPS) is 34.8. The van der Waals surface area contributed by atoms with E-state index in [0.29, 0.717) is 6.04 Å². The number of aliphatic carboxylic acids is 1. The van der Waals surface area contributed by atoms with Gasteiger partial charge < -0.3 is 10.0 Å². The Labute approximate surface area is 129 Å². The first kappa shape index (κ1) is 16.8. The van der Waals surface area contributed by atoms with Crippen LogP contribution in [0.25, 0.3) is 0 Å². The largest absolute Gasteiger partial charge is 0.480 e. The molecule has 1 heterocycles. The summed E-state index contributed by atoms with van der Waals surface area (Å²) in [6, 6.07) is 0.645. The number of carbonyl (C=O) groups is 1. The van der Waals surface area contributed by atoms with Gasteiger partial charge in [-0.25, -0.2) is 0 Å². The molecule has 2 N–H and O–H groups in total. The van der Waals surface area contributed by atoms with Crippen molar-refractivity contribution in [2.75, 3.05) is 13.1 Å². The van der Waals surface area contributed by atoms with Crippen LogP contribution in [0.1, 0.15) is 59.8 Å². The fraction of sp³-hybridized carbons (Fsp3) is 0.941. The number of carboxylic acid groups (broad SMARTS) is 1. The van der Waals surface area contributed by atoms with E-state index in [1.807, 2.05) is 13.8 Å². The number of hydrogen-bond acceptors (Lipinski definition) is 3. The van der Waals surface area contributed by atoms with Gasteiger partial charge in [0, 0.05) is 18.6 Å². The first-order chi connectivity index (χ1) is 9.84. The standard InChI is InChI=1S/C17H32N2O2/c1-12(2)14-7-9-19(11-14)15-6-5-8-17(10-15,16(20)21)18-13(3)4/h12-15,18H,5-11H2,1-4H3,(H,20,21). The highest BCUT2D eigenvalue weighted by molar-refractivity contribution is 5.79. The second-order valence-corrected chi connectivity index (χ2v) is 7.72. The zero-order valence-corrected chi connectivity index (χ0v) is 14.1. The lowest BCUT2D eigenvalue weighted by Crippen LogP contribution is -2.59. The molecule has 1 aliphatic heterocycles. The van der Waals surface area contributed by atoms with Crippen molar-refractivity contribution in [1.29, 1.82) is 0 Å². The Bertz CT molecular complexity index is 370. The molecule has 2 fully saturated rings. The molecule has 0 aromatic heterocycles. The number of rotatable bonds is 5. The average Bonchev–Trinajstić information content (AvgIpc) is 2.87. The predicted molar refractivity (Wildman–Crippen MR) is 85.4 cm³/mol. The van der Waals surface area contributed by atoms with Crippen LogP contribution in [-0.2, 0) is 4.79 Å². The Morgan fingerprint density at radius 3 is 2.52 bits per heavy atom. The molecule has 0 spiro atoms. The summed E-state index contributed by atoms with van der Waals surface area (Å²) >= 11 is 0. The van der Waals surface area contributed by atoms with Crippen LogP contribution < -0.4 is 5.32 Å². The highest BCUT2D eigenvalue weighted by atomic mass is 16.4. The molecule has 1 saturated carbocycles. The smallest absolute Gasteiger partial charge is 0.323 e. The van der Waals surface area contributed by atoms with Gasteiger partial charge in [0.1, 0.15) is 5.54 Å². The Hall–Kier alpha value is -0.610. The van der Waals surface area contributed by atoms with Gasteiger partial charge >= 0.3 is 5.97 Å². The fourth-order valence-electron chi connectivity index (χ4n) is 4.19. The maximum atomic E-state index is 11.9. The Kier molecular flexibility index (Phi) is 5.31. The van der Waals surface area contributed by atoms with Crippen molar-refractivity contribution in [1.82, 2.24) is 10.2 Å². The maximum Gasteiger partial charge on any atom is 0.323 e. The van der Waals surface area contributed by atoms with Crippen LogP contribution in [-0.4, -0.2) is 46.7 Å². The van der Waals surface area contributed by atoms with Gasteiger partial charge in [0.15, 0.2) is 0 Å². The van der Waals surface area contributed by atoms with E-state index in [-0.39, 0.29) is 6.04 Å². The highest BCUT2D eigenvalue weighted by Crippen LogP contribution is 2.35. The van der Waals surface area contributed by atoms with E-state index in [9.17, 15) is 9.90 Å². The lowest BCUT2D eigenvalue weighted by atomic mass is 9.78. The number of nitrogens with zero attached hydrogens (tertiary/aromatic N) is 1. The van der Waals surface area contributed by atoms with Crippen molar-refractivity contribution >= 4 is 5.97 Å². The molecule has 21 heavy (non-hydrogen) atoms. The van der Waals surface area contributed by atoms with Crippen LogP contribution in [0.15, 0.2) is 0 Å². The molecule has 0 aromatic rings. The molecule has 0 radical (unpaired) electrons. The summed E-state index contributed by atoms with van der Waals surface area (Å²) in [5.41, 5.74) is -0.715. The molecular formula is C17H32N2O2. The SMILES string of the molecule is CC(C)NC1(C(=O)O)CCCC(N2CCC(C(C)C)C2)C1. The number of nitrogens with one attached hydrogen (secondary N) is 1. The summed E-state index contributed by atoms with van der Waals surface area (Å²) in [5, 5.41) is 13.1. The van der Waals surface area contributed by atoms with Crippen molar-refractivity contribution in [3.05, 3.63) is 0 Å². The summed E-state index contributed by atoms with van der Waals surface area (Å²) in [4.78, 5) is 14.4. The average molecular weight is 296 g/mol. The lowest BCUT2D eigenvalue weighted by Gasteiger charge is -2.42. The molecule has 0 bridgehead atoms. The third-order valence-electron chi connectivity index (χ3n) is 5.41. The van der Waals surface area contributed by atoms with E-state index in [1.165, 1.54) is 6.42 Å². The van der Waals surface area contributed by atoms with Crippen molar-refractivity contribution in [2.24, 2.45) is 11.8 Å². The van der Waals surface area contributed by atoms with Gasteiger partial charge in [0.25, 0.3) is 0 Å². The van der Waals surface area contributed by atoms with Crippen LogP contribution >= 0.6 is 0 Å². The maximum absolute atomic E-state index is 11.9. The van der Waals surface area contributed by atoms with E-state index < -0.39 is 11.5 Å². The minimum atomic E-state index is -0.715. The van der Waals surface area contributed by atoms with E-state index >= 15 is 0 Å². The third-order valence-corrected chi connectivity index (χ3v) is 5.41. The summed E-state index contributed by atoms with van der Waals surface area (Å²) in [7, 11) is 0. The summed E-state index contributed by atoms with van der Waals surface area (Å²) in [6.07, 6.45) is 4.95. The minimum Gasteiger partial charge on any atom is -0.480 e. The molecule has 122 valence electrons. The lowest BCUT2D eigenvalue weighted by molar-refractivity contribution is -0.147. The molecule has 2 rings (SSSR count). The molecule has 0 amide bonds. The van der Waals surface area contributed by atoms with Gasteiger partial charge in [-0.05, 0) is 64.3 Å². The second kappa shape index (κ2) is 6.66. The van der Waals surface area contributed by atoms with Gasteiger partial charge in [0.2, 0.25) is 0 Å². The van der Waals surface area contributed by atoms with Gasteiger partial charge in [0.05, 0.1) is 0 Å². The molecule has 1 saturated heterocycles. The number of carboxylic acids is 1. The quantitative estimate of drug-likeness (QED) is 0.819. The molecule has 3 unspecified atom stereocenters. The van der Waals surface area contributed by atoms with E-state index in [2.05, 4.69) is 24.1 Å². The van der Waals surface area contributed by atoms with E-state index in [4.69, 9.17) is 0 Å². The monoisotopic (exact) mass is 296 g/mol. The minimum absolute atomic E-state index is 0.210. The molecule has 1 aliphatic carbocycles. The van der Waals surface area contributed by atoms with Crippen LogP contribution in [0, 0.1) is 11.8 Å². The fourth-order valence-corrected chi connectivity index (χ4v) is 4.19. The molecular weight excluding hydrogens is 264 g/mol. The van der Waals surface area contributed by atoms with Gasteiger partial charge in [-0.2, -0.15) is 0 Å². The molecule has 0 aromatic carbocycles. The summed E-state index contributed by atoms with van der Waals surface area (Å²) in [6.45, 7) is 11.0. The zero-order valence-electron chi connectivity index (χ0n) is 14.1. The van der Waals surface area contributed by atoms with Gasteiger partial charge in [-0.15, -0.1) is 0 Å². The number of likely N-dealkylation sites (tertiary alicyclic amines) is 1. The predicted octanol–water partition coefficient (Wildman–Crippen LogP) is 2.73. The van der Waals surface area contributed by atoms with Gasteiger partial charge in [-0.1, -0.05) is 13.8 Å². The highest BCUT2D eigenvalue weighted by Gasteiger charge is 2.45. The van der Waals surface area contributed by atoms with Gasteiger partial charge in [-0.3, -0.25) is 10.1 Å². The zero-order chi connectivity index (χ0) is 15.6. The first-order valence-electron chi connectivity index (χ1n) is 8.59. The Morgan fingerprint density at radius 2 is 2.00 bits per heavy atom. The Balaban J connectivity index is 2.04. The van der Waals surface area contributed by atoms with Crippen LogP contribution in [0.5, 0.6) is 0 Å². The molecule has 3 atom stereocenters. The third kappa shape index (κ3) is 3.78. The summed E-state index contributed by atoms with van der Waals surface area (Å²) in [5.74, 6) is 0.848. The number of hydrogen-bond donors (Lipinski definition) is 2.